The van der Waals surface area contributed by atoms with Gasteiger partial charge in [-0.3, -0.25) is 0 Å². The van der Waals surface area contributed by atoms with Gasteiger partial charge in [0.2, 0.25) is 0 Å². The predicted molar refractivity (Wildman–Crippen MR) is 52.9 cm³/mol. The molecule has 1 aliphatic heterocycles. The minimum atomic E-state index is 0.752. The molecule has 0 saturated carbocycles. The van der Waals surface area contributed by atoms with Crippen molar-refractivity contribution in [1.29, 1.82) is 5.26 Å². The Morgan fingerprint density at radius 3 is 2.85 bits per heavy atom. The number of thiazole rings is 1. The average Bonchev–Trinajstić information content (AvgIpc) is 2.67. The van der Waals surface area contributed by atoms with Crippen molar-refractivity contribution in [3.8, 4) is 6.07 Å². The molecule has 68 valence electrons. The van der Waals surface area contributed by atoms with Crippen LogP contribution in [0.4, 0.5) is 5.82 Å². The van der Waals surface area contributed by atoms with Crippen molar-refractivity contribution in [1.82, 2.24) is 4.98 Å². The molecule has 0 aromatic carbocycles. The number of anilines is 1. The third-order valence-electron chi connectivity index (χ3n) is 2.31. The van der Waals surface area contributed by atoms with E-state index in [1.807, 2.05) is 0 Å². The molecule has 13 heavy (non-hydrogen) atoms. The smallest absolute Gasteiger partial charge is 0.157 e. The summed E-state index contributed by atoms with van der Waals surface area (Å²) < 4.78 is 0. The van der Waals surface area contributed by atoms with Gasteiger partial charge in [0.05, 0.1) is 5.51 Å². The molecular weight excluding hydrogens is 182 g/mol. The Morgan fingerprint density at radius 2 is 2.15 bits per heavy atom. The van der Waals surface area contributed by atoms with Crippen LogP contribution < -0.4 is 4.90 Å². The Balaban J connectivity index is 2.19. The number of nitriles is 1. The molecule has 2 heterocycles. The Labute approximate surface area is 81.6 Å². The predicted octanol–water partition coefficient (Wildman–Crippen LogP) is 2.01. The molecule has 0 bridgehead atoms. The minimum absolute atomic E-state index is 0.752. The van der Waals surface area contributed by atoms with E-state index in [1.54, 1.807) is 5.51 Å². The zero-order valence-corrected chi connectivity index (χ0v) is 8.18. The summed E-state index contributed by atoms with van der Waals surface area (Å²) in [5.74, 6) is 0.896. The van der Waals surface area contributed by atoms with E-state index in [1.165, 1.54) is 30.6 Å². The fraction of sp³-hybridized carbons (Fsp3) is 0.556. The molecule has 0 spiro atoms. The zero-order valence-electron chi connectivity index (χ0n) is 7.36. The first-order chi connectivity index (χ1) is 6.42. The van der Waals surface area contributed by atoms with E-state index in [-0.39, 0.29) is 0 Å². The number of piperidine rings is 1. The highest BCUT2D eigenvalue weighted by atomic mass is 32.1. The summed E-state index contributed by atoms with van der Waals surface area (Å²) in [6.45, 7) is 2.11. The molecule has 0 amide bonds. The molecule has 1 saturated heterocycles. The lowest BCUT2D eigenvalue weighted by Crippen LogP contribution is -2.30. The molecule has 0 unspecified atom stereocenters. The van der Waals surface area contributed by atoms with Crippen LogP contribution in [0.1, 0.15) is 24.1 Å². The van der Waals surface area contributed by atoms with Crippen LogP contribution in [0.15, 0.2) is 5.51 Å². The van der Waals surface area contributed by atoms with Gasteiger partial charge in [0.1, 0.15) is 10.9 Å². The van der Waals surface area contributed by atoms with E-state index in [9.17, 15) is 0 Å². The van der Waals surface area contributed by atoms with Gasteiger partial charge >= 0.3 is 0 Å². The summed E-state index contributed by atoms with van der Waals surface area (Å²) in [7, 11) is 0. The number of rotatable bonds is 1. The van der Waals surface area contributed by atoms with Crippen molar-refractivity contribution in [2.75, 3.05) is 18.0 Å². The molecule has 0 aliphatic carbocycles. The lowest BCUT2D eigenvalue weighted by atomic mass is 10.1. The Bertz CT molecular complexity index is 320. The highest BCUT2D eigenvalue weighted by Gasteiger charge is 2.16. The van der Waals surface area contributed by atoms with E-state index < -0.39 is 0 Å². The van der Waals surface area contributed by atoms with Gasteiger partial charge in [0, 0.05) is 13.1 Å². The molecule has 0 atom stereocenters. The van der Waals surface area contributed by atoms with Crippen LogP contribution in [0.3, 0.4) is 0 Å². The van der Waals surface area contributed by atoms with Gasteiger partial charge in [-0.2, -0.15) is 5.26 Å². The second kappa shape index (κ2) is 3.75. The highest BCUT2D eigenvalue weighted by molar-refractivity contribution is 7.10. The van der Waals surface area contributed by atoms with Gasteiger partial charge in [0.15, 0.2) is 5.82 Å². The normalized spacial score (nSPS) is 17.0. The topological polar surface area (TPSA) is 39.9 Å². The standard InChI is InChI=1S/C9H11N3S/c10-6-8-9(11-7-13-8)12-4-2-1-3-5-12/h7H,1-5H2. The molecule has 0 N–H and O–H groups in total. The zero-order chi connectivity index (χ0) is 9.10. The highest BCUT2D eigenvalue weighted by Crippen LogP contribution is 2.24. The number of hydrogen-bond acceptors (Lipinski definition) is 4. The Morgan fingerprint density at radius 1 is 1.38 bits per heavy atom. The van der Waals surface area contributed by atoms with E-state index in [4.69, 9.17) is 5.26 Å². The summed E-state index contributed by atoms with van der Waals surface area (Å²) in [5.41, 5.74) is 1.75. The van der Waals surface area contributed by atoms with Gasteiger partial charge in [-0.25, -0.2) is 4.98 Å². The van der Waals surface area contributed by atoms with E-state index in [0.29, 0.717) is 0 Å². The van der Waals surface area contributed by atoms with Gasteiger partial charge in [0.25, 0.3) is 0 Å². The van der Waals surface area contributed by atoms with Crippen LogP contribution in [-0.2, 0) is 0 Å². The fourth-order valence-corrected chi connectivity index (χ4v) is 2.25. The maximum atomic E-state index is 8.83. The van der Waals surface area contributed by atoms with Crippen LogP contribution in [0.5, 0.6) is 0 Å². The Hall–Kier alpha value is -1.08. The van der Waals surface area contributed by atoms with Crippen molar-refractivity contribution in [2.45, 2.75) is 19.3 Å². The molecule has 2 rings (SSSR count). The van der Waals surface area contributed by atoms with Gasteiger partial charge in [-0.05, 0) is 19.3 Å². The SMILES string of the molecule is N#Cc1scnc1N1CCCCC1. The first-order valence-corrected chi connectivity index (χ1v) is 5.38. The van der Waals surface area contributed by atoms with Crippen LogP contribution in [-0.4, -0.2) is 18.1 Å². The number of nitrogens with zero attached hydrogens (tertiary/aromatic N) is 3. The molecular formula is C9H11N3S. The summed E-state index contributed by atoms with van der Waals surface area (Å²) in [6.07, 6.45) is 3.76. The molecule has 1 fully saturated rings. The van der Waals surface area contributed by atoms with E-state index in [2.05, 4.69) is 16.0 Å². The molecule has 3 nitrogen and oxygen atoms in total. The summed E-state index contributed by atoms with van der Waals surface area (Å²) in [4.78, 5) is 7.21. The van der Waals surface area contributed by atoms with E-state index in [0.717, 1.165) is 23.8 Å². The minimum Gasteiger partial charge on any atom is -0.355 e. The van der Waals surface area contributed by atoms with E-state index >= 15 is 0 Å². The van der Waals surface area contributed by atoms with Crippen molar-refractivity contribution in [3.05, 3.63) is 10.4 Å². The third kappa shape index (κ3) is 1.65. The maximum absolute atomic E-state index is 8.83. The maximum Gasteiger partial charge on any atom is 0.157 e. The Kier molecular flexibility index (Phi) is 2.46. The molecule has 0 radical (unpaired) electrons. The first-order valence-electron chi connectivity index (χ1n) is 4.50. The van der Waals surface area contributed by atoms with Crippen LogP contribution >= 0.6 is 11.3 Å². The first kappa shape index (κ1) is 8.52. The number of hydrogen-bond donors (Lipinski definition) is 0. The quantitative estimate of drug-likeness (QED) is 0.685. The van der Waals surface area contributed by atoms with Gasteiger partial charge in [-0.15, -0.1) is 11.3 Å². The second-order valence-corrected chi connectivity index (χ2v) is 4.02. The lowest BCUT2D eigenvalue weighted by molar-refractivity contribution is 0.574. The fourth-order valence-electron chi connectivity index (χ4n) is 1.65. The van der Waals surface area contributed by atoms with Gasteiger partial charge < -0.3 is 4.90 Å². The summed E-state index contributed by atoms with van der Waals surface area (Å²) in [5, 5.41) is 8.83. The van der Waals surface area contributed by atoms with Crippen molar-refractivity contribution in [2.24, 2.45) is 0 Å². The van der Waals surface area contributed by atoms with Crippen LogP contribution in [0, 0.1) is 11.3 Å². The number of aromatic nitrogens is 1. The van der Waals surface area contributed by atoms with Crippen LogP contribution in [0.2, 0.25) is 0 Å². The van der Waals surface area contributed by atoms with Crippen molar-refractivity contribution in [3.63, 3.8) is 0 Å². The molecule has 4 heteroatoms. The second-order valence-electron chi connectivity index (χ2n) is 3.16. The van der Waals surface area contributed by atoms with Crippen LogP contribution in [0.25, 0.3) is 0 Å². The average molecular weight is 193 g/mol. The third-order valence-corrected chi connectivity index (χ3v) is 3.03. The summed E-state index contributed by atoms with van der Waals surface area (Å²) >= 11 is 1.43. The molecule has 1 aliphatic rings. The summed E-state index contributed by atoms with van der Waals surface area (Å²) in [6, 6.07) is 2.19. The monoisotopic (exact) mass is 193 g/mol. The van der Waals surface area contributed by atoms with Gasteiger partial charge in [-0.1, -0.05) is 0 Å². The lowest BCUT2D eigenvalue weighted by Gasteiger charge is -2.26. The molecule has 1 aromatic rings. The van der Waals surface area contributed by atoms with Crippen molar-refractivity contribution >= 4 is 17.2 Å². The molecule has 1 aromatic heterocycles. The largest absolute Gasteiger partial charge is 0.355 e. The van der Waals surface area contributed by atoms with Crippen molar-refractivity contribution < 1.29 is 0 Å².